The molecule has 6 rings (SSSR count). The molecule has 0 aliphatic carbocycles. The van der Waals surface area contributed by atoms with E-state index < -0.39 is 11.9 Å². The number of benzene rings is 2. The Kier molecular flexibility index (Phi) is 6.66. The Morgan fingerprint density at radius 2 is 2.05 bits per heavy atom. The van der Waals surface area contributed by atoms with E-state index in [1.165, 1.54) is 28.0 Å². The molecule has 1 atom stereocenters. The summed E-state index contributed by atoms with van der Waals surface area (Å²) >= 11 is 10.6. The van der Waals surface area contributed by atoms with E-state index in [0.717, 1.165) is 31.7 Å². The van der Waals surface area contributed by atoms with Gasteiger partial charge in [0.25, 0.3) is 5.91 Å². The molecule has 2 aliphatic heterocycles. The molecule has 0 bridgehead atoms. The quantitative estimate of drug-likeness (QED) is 0.178. The molecule has 4 heterocycles. The summed E-state index contributed by atoms with van der Waals surface area (Å²) in [4.78, 5) is 47.1. The summed E-state index contributed by atoms with van der Waals surface area (Å²) in [5.41, 5.74) is 4.76. The van der Waals surface area contributed by atoms with E-state index in [2.05, 4.69) is 5.48 Å². The van der Waals surface area contributed by atoms with Gasteiger partial charge in [0, 0.05) is 36.8 Å². The first-order chi connectivity index (χ1) is 18.0. The number of thioether (sulfide) groups is 2. The number of carbonyl (C=O) groups excluding carboxylic acids is 3. The van der Waals surface area contributed by atoms with Crippen LogP contribution in [0.2, 0.25) is 0 Å². The van der Waals surface area contributed by atoms with E-state index in [-0.39, 0.29) is 23.4 Å². The van der Waals surface area contributed by atoms with Crippen molar-refractivity contribution in [2.24, 2.45) is 0 Å². The number of nitrogens with one attached hydrogen (secondary N) is 1. The number of β-lactam (4-membered cyclic amide) rings is 1. The normalized spacial score (nSPS) is 17.2. The summed E-state index contributed by atoms with van der Waals surface area (Å²) in [5.74, 6) is -0.480. The Balaban J connectivity index is 1.33. The van der Waals surface area contributed by atoms with Gasteiger partial charge in [0.05, 0.1) is 24.1 Å². The van der Waals surface area contributed by atoms with E-state index in [4.69, 9.17) is 20.9 Å². The van der Waals surface area contributed by atoms with Crippen LogP contribution in [0.1, 0.15) is 16.9 Å². The summed E-state index contributed by atoms with van der Waals surface area (Å²) < 4.78 is 6.13. The van der Waals surface area contributed by atoms with Gasteiger partial charge in [-0.15, -0.1) is 34.7 Å². The second-order valence-corrected chi connectivity index (χ2v) is 12.0. The summed E-state index contributed by atoms with van der Waals surface area (Å²) in [6.45, 7) is 0. The number of fused-ring (bicyclic) bond motifs is 4. The molecule has 0 radical (unpaired) electrons. The van der Waals surface area contributed by atoms with Gasteiger partial charge in [-0.25, -0.2) is 4.79 Å². The molecule has 2 aromatic heterocycles. The van der Waals surface area contributed by atoms with Gasteiger partial charge in [0.2, 0.25) is 5.91 Å². The van der Waals surface area contributed by atoms with Crippen LogP contribution in [-0.2, 0) is 31.5 Å². The van der Waals surface area contributed by atoms with Gasteiger partial charge in [-0.05, 0) is 23.6 Å². The van der Waals surface area contributed by atoms with Crippen LogP contribution < -0.4 is 5.48 Å². The zero-order valence-electron chi connectivity index (χ0n) is 19.2. The molecular weight excluding hydrogens is 552 g/mol. The minimum Gasteiger partial charge on any atom is -0.456 e. The summed E-state index contributed by atoms with van der Waals surface area (Å²) in [6, 6.07) is 15.3. The van der Waals surface area contributed by atoms with E-state index in [0.29, 0.717) is 28.5 Å². The van der Waals surface area contributed by atoms with Gasteiger partial charge in [-0.3, -0.25) is 14.5 Å². The Morgan fingerprint density at radius 3 is 2.84 bits per heavy atom. The first kappa shape index (κ1) is 24.4. The SMILES string of the molecule is O=C(Cc1cccs1)NOC(=O)C1=C(Sc2cccc3oc4c(CCl)cccc4c23)CS[C@H]2CC(=O)N12. The van der Waals surface area contributed by atoms with Crippen LogP contribution in [-0.4, -0.2) is 33.8 Å². The third kappa shape index (κ3) is 4.52. The van der Waals surface area contributed by atoms with E-state index in [1.54, 1.807) is 11.8 Å². The number of hydroxylamine groups is 1. The Morgan fingerprint density at radius 1 is 1.19 bits per heavy atom. The van der Waals surface area contributed by atoms with Crippen molar-refractivity contribution in [3.63, 3.8) is 0 Å². The average Bonchev–Trinajstić information content (AvgIpc) is 3.55. The van der Waals surface area contributed by atoms with Crippen LogP contribution in [0, 0.1) is 0 Å². The Labute approximate surface area is 229 Å². The number of nitrogens with zero attached hydrogens (tertiary/aromatic N) is 1. The number of carbonyl (C=O) groups is 3. The topological polar surface area (TPSA) is 88.8 Å². The average molecular weight is 571 g/mol. The summed E-state index contributed by atoms with van der Waals surface area (Å²) in [7, 11) is 0. The molecule has 2 amide bonds. The highest BCUT2D eigenvalue weighted by atomic mass is 35.5. The first-order valence-electron chi connectivity index (χ1n) is 11.4. The van der Waals surface area contributed by atoms with Crippen molar-refractivity contribution in [3.8, 4) is 0 Å². The number of hydrogen-bond donors (Lipinski definition) is 1. The lowest BCUT2D eigenvalue weighted by Crippen LogP contribution is -2.54. The van der Waals surface area contributed by atoms with Gasteiger partial charge in [0.1, 0.15) is 16.9 Å². The van der Waals surface area contributed by atoms with Crippen molar-refractivity contribution in [1.82, 2.24) is 10.4 Å². The predicted molar refractivity (Wildman–Crippen MR) is 146 cm³/mol. The zero-order chi connectivity index (χ0) is 25.5. The maximum Gasteiger partial charge on any atom is 0.380 e. The van der Waals surface area contributed by atoms with Gasteiger partial charge in [-0.2, -0.15) is 5.48 Å². The van der Waals surface area contributed by atoms with Crippen molar-refractivity contribution in [1.29, 1.82) is 0 Å². The third-order valence-corrected chi connectivity index (χ3v) is 9.84. The van der Waals surface area contributed by atoms with Gasteiger partial charge in [-0.1, -0.05) is 42.1 Å². The van der Waals surface area contributed by atoms with Crippen molar-refractivity contribution in [3.05, 3.63) is 75.0 Å². The summed E-state index contributed by atoms with van der Waals surface area (Å²) in [6.07, 6.45) is 0.472. The fourth-order valence-electron chi connectivity index (χ4n) is 4.41. The van der Waals surface area contributed by atoms with E-state index in [9.17, 15) is 14.4 Å². The second-order valence-electron chi connectivity index (χ2n) is 8.44. The molecule has 7 nitrogen and oxygen atoms in total. The lowest BCUT2D eigenvalue weighted by Gasteiger charge is -2.44. The van der Waals surface area contributed by atoms with Crippen LogP contribution in [0.5, 0.6) is 0 Å². The molecule has 1 fully saturated rings. The fraction of sp³-hybridized carbons (Fsp3) is 0.192. The Bertz CT molecular complexity index is 1580. The molecule has 0 spiro atoms. The molecule has 4 aromatic rings. The van der Waals surface area contributed by atoms with Crippen LogP contribution in [0.4, 0.5) is 0 Å². The highest BCUT2D eigenvalue weighted by molar-refractivity contribution is 8.06. The van der Waals surface area contributed by atoms with Crippen molar-refractivity contribution in [2.75, 3.05) is 5.75 Å². The van der Waals surface area contributed by atoms with E-state index in [1.807, 2.05) is 53.9 Å². The maximum atomic E-state index is 13.2. The van der Waals surface area contributed by atoms with E-state index >= 15 is 0 Å². The standard InChI is InChI=1S/C26H19ClN2O5S3/c27-12-14-4-1-6-16-23-17(33-25(14)16)7-2-8-18(23)37-19-13-36-22-11-21(31)29(22)24(19)26(32)34-28-20(30)10-15-5-3-9-35-15/h1-9,22H,10-13H2,(H,28,30)/t22-/m0/s1. The lowest BCUT2D eigenvalue weighted by molar-refractivity contribution is -0.158. The van der Waals surface area contributed by atoms with Crippen molar-refractivity contribution < 1.29 is 23.6 Å². The maximum absolute atomic E-state index is 13.2. The van der Waals surface area contributed by atoms with Crippen LogP contribution in [0.15, 0.2) is 73.8 Å². The number of rotatable bonds is 6. The largest absolute Gasteiger partial charge is 0.456 e. The van der Waals surface area contributed by atoms with Crippen LogP contribution >= 0.6 is 46.5 Å². The molecule has 2 aliphatic rings. The van der Waals surface area contributed by atoms with Crippen molar-refractivity contribution in [2.45, 2.75) is 29.0 Å². The molecule has 188 valence electrons. The number of alkyl halides is 1. The number of furan rings is 1. The molecule has 2 aromatic carbocycles. The summed E-state index contributed by atoms with van der Waals surface area (Å²) in [5, 5.41) is 3.61. The first-order valence-corrected chi connectivity index (χ1v) is 14.7. The smallest absolute Gasteiger partial charge is 0.380 e. The number of thiophene rings is 1. The number of hydrogen-bond acceptors (Lipinski definition) is 8. The highest BCUT2D eigenvalue weighted by Gasteiger charge is 2.46. The number of para-hydroxylation sites is 1. The third-order valence-electron chi connectivity index (χ3n) is 6.13. The van der Waals surface area contributed by atoms with Crippen LogP contribution in [0.25, 0.3) is 21.9 Å². The molecule has 0 unspecified atom stereocenters. The second kappa shape index (κ2) is 10.1. The van der Waals surface area contributed by atoms with Crippen LogP contribution in [0.3, 0.4) is 0 Å². The molecule has 1 N–H and O–H groups in total. The minimum atomic E-state index is -0.756. The Hall–Kier alpha value is -2.92. The predicted octanol–water partition coefficient (Wildman–Crippen LogP) is 5.81. The molecule has 11 heteroatoms. The number of halogens is 1. The molecular formula is C26H19ClN2O5S3. The van der Waals surface area contributed by atoms with Gasteiger partial charge >= 0.3 is 5.97 Å². The minimum absolute atomic E-state index is 0.104. The fourth-order valence-corrected chi connectivity index (χ4v) is 7.88. The molecule has 0 saturated carbocycles. The molecule has 1 saturated heterocycles. The number of amides is 2. The monoisotopic (exact) mass is 570 g/mol. The highest BCUT2D eigenvalue weighted by Crippen LogP contribution is 2.47. The van der Waals surface area contributed by atoms with Gasteiger partial charge < -0.3 is 9.25 Å². The zero-order valence-corrected chi connectivity index (χ0v) is 22.4. The van der Waals surface area contributed by atoms with Crippen molar-refractivity contribution >= 4 is 86.2 Å². The van der Waals surface area contributed by atoms with Gasteiger partial charge in [0.15, 0.2) is 0 Å². The molecule has 37 heavy (non-hydrogen) atoms. The lowest BCUT2D eigenvalue weighted by atomic mass is 10.1.